The van der Waals surface area contributed by atoms with E-state index in [1.807, 2.05) is 43.3 Å². The van der Waals surface area contributed by atoms with Gasteiger partial charge in [0, 0.05) is 5.69 Å². The van der Waals surface area contributed by atoms with Crippen LogP contribution in [0.15, 0.2) is 43.0 Å². The van der Waals surface area contributed by atoms with Crippen LogP contribution in [0.25, 0.3) is 5.57 Å². The third kappa shape index (κ3) is 1.76. The molecule has 1 aromatic carbocycles. The van der Waals surface area contributed by atoms with Crippen molar-refractivity contribution >= 4 is 11.3 Å². The normalized spacial score (nSPS) is 11.2. The molecule has 0 radical (unpaired) electrons. The SMILES string of the molecule is C=C/C(=C\C)c1cccc(N)c1. The van der Waals surface area contributed by atoms with E-state index in [-0.39, 0.29) is 0 Å². The van der Waals surface area contributed by atoms with Crippen molar-refractivity contribution in [2.75, 3.05) is 5.73 Å². The van der Waals surface area contributed by atoms with E-state index in [0.717, 1.165) is 16.8 Å². The molecule has 0 saturated carbocycles. The Hall–Kier alpha value is -1.50. The molecule has 0 fully saturated rings. The smallest absolute Gasteiger partial charge is 0.0320 e. The van der Waals surface area contributed by atoms with Crippen molar-refractivity contribution in [3.63, 3.8) is 0 Å². The molecule has 1 heteroatoms. The van der Waals surface area contributed by atoms with Gasteiger partial charge in [-0.3, -0.25) is 0 Å². The van der Waals surface area contributed by atoms with Gasteiger partial charge >= 0.3 is 0 Å². The van der Waals surface area contributed by atoms with E-state index in [1.54, 1.807) is 0 Å². The van der Waals surface area contributed by atoms with Crippen LogP contribution >= 0.6 is 0 Å². The lowest BCUT2D eigenvalue weighted by atomic mass is 10.1. The van der Waals surface area contributed by atoms with Crippen LogP contribution in [0.2, 0.25) is 0 Å². The summed E-state index contributed by atoms with van der Waals surface area (Å²) >= 11 is 0. The van der Waals surface area contributed by atoms with E-state index in [2.05, 4.69) is 6.58 Å². The van der Waals surface area contributed by atoms with Gasteiger partial charge in [-0.05, 0) is 30.2 Å². The third-order valence-electron chi connectivity index (χ3n) is 1.75. The molecular formula is C11H13N. The number of nitrogens with two attached hydrogens (primary N) is 1. The van der Waals surface area contributed by atoms with Gasteiger partial charge in [-0.2, -0.15) is 0 Å². The van der Waals surface area contributed by atoms with Gasteiger partial charge in [0.05, 0.1) is 0 Å². The molecule has 0 aliphatic carbocycles. The molecule has 0 spiro atoms. The van der Waals surface area contributed by atoms with Crippen LogP contribution in [-0.2, 0) is 0 Å². The maximum absolute atomic E-state index is 5.64. The quantitative estimate of drug-likeness (QED) is 0.521. The average Bonchev–Trinajstić information content (AvgIpc) is 2.07. The summed E-state index contributed by atoms with van der Waals surface area (Å²) in [5.41, 5.74) is 8.66. The average molecular weight is 159 g/mol. The van der Waals surface area contributed by atoms with Crippen LogP contribution < -0.4 is 5.73 Å². The van der Waals surface area contributed by atoms with Crippen molar-refractivity contribution < 1.29 is 0 Å². The van der Waals surface area contributed by atoms with Gasteiger partial charge in [-0.1, -0.05) is 30.9 Å². The van der Waals surface area contributed by atoms with Crippen LogP contribution in [0.1, 0.15) is 12.5 Å². The zero-order valence-corrected chi connectivity index (χ0v) is 7.25. The minimum atomic E-state index is 0.786. The summed E-state index contributed by atoms with van der Waals surface area (Å²) in [6.07, 6.45) is 3.84. The highest BCUT2D eigenvalue weighted by molar-refractivity contribution is 5.74. The largest absolute Gasteiger partial charge is 0.399 e. The number of allylic oxidation sites excluding steroid dienone is 3. The van der Waals surface area contributed by atoms with Crippen LogP contribution in [0.5, 0.6) is 0 Å². The van der Waals surface area contributed by atoms with Crippen LogP contribution in [-0.4, -0.2) is 0 Å². The summed E-state index contributed by atoms with van der Waals surface area (Å²) in [5, 5.41) is 0. The zero-order valence-electron chi connectivity index (χ0n) is 7.25. The van der Waals surface area contributed by atoms with E-state index in [9.17, 15) is 0 Å². The number of anilines is 1. The van der Waals surface area contributed by atoms with Gasteiger partial charge in [0.15, 0.2) is 0 Å². The Kier molecular flexibility index (Phi) is 2.70. The lowest BCUT2D eigenvalue weighted by Crippen LogP contribution is -1.86. The molecule has 0 aromatic heterocycles. The van der Waals surface area contributed by atoms with Crippen molar-refractivity contribution in [3.8, 4) is 0 Å². The monoisotopic (exact) mass is 159 g/mol. The lowest BCUT2D eigenvalue weighted by molar-refractivity contribution is 1.59. The maximum Gasteiger partial charge on any atom is 0.0320 e. The summed E-state index contributed by atoms with van der Waals surface area (Å²) in [6.45, 7) is 5.72. The van der Waals surface area contributed by atoms with Crippen LogP contribution in [0.3, 0.4) is 0 Å². The second-order valence-electron chi connectivity index (χ2n) is 2.57. The predicted octanol–water partition coefficient (Wildman–Crippen LogP) is 2.86. The van der Waals surface area contributed by atoms with Crippen molar-refractivity contribution in [1.82, 2.24) is 0 Å². The molecule has 0 saturated heterocycles. The molecule has 2 N–H and O–H groups in total. The molecule has 1 rings (SSSR count). The molecular weight excluding hydrogens is 146 g/mol. The molecule has 62 valence electrons. The number of benzene rings is 1. The van der Waals surface area contributed by atoms with Gasteiger partial charge in [0.25, 0.3) is 0 Å². The van der Waals surface area contributed by atoms with Gasteiger partial charge in [0.2, 0.25) is 0 Å². The number of nitrogen functional groups attached to an aromatic ring is 1. The zero-order chi connectivity index (χ0) is 8.97. The molecule has 0 bridgehead atoms. The first-order valence-electron chi connectivity index (χ1n) is 3.92. The van der Waals surface area contributed by atoms with Crippen molar-refractivity contribution in [1.29, 1.82) is 0 Å². The molecule has 1 nitrogen and oxygen atoms in total. The summed E-state index contributed by atoms with van der Waals surface area (Å²) in [7, 11) is 0. The minimum absolute atomic E-state index is 0.786. The highest BCUT2D eigenvalue weighted by atomic mass is 14.5. The number of rotatable bonds is 2. The topological polar surface area (TPSA) is 26.0 Å². The second-order valence-corrected chi connectivity index (χ2v) is 2.57. The summed E-state index contributed by atoms with van der Waals surface area (Å²) in [6, 6.07) is 7.78. The second kappa shape index (κ2) is 3.77. The van der Waals surface area contributed by atoms with E-state index < -0.39 is 0 Å². The highest BCUT2D eigenvalue weighted by Crippen LogP contribution is 2.17. The molecule has 1 aromatic rings. The van der Waals surface area contributed by atoms with Crippen molar-refractivity contribution in [2.24, 2.45) is 0 Å². The van der Waals surface area contributed by atoms with Crippen LogP contribution in [0.4, 0.5) is 5.69 Å². The Morgan fingerprint density at radius 3 is 2.75 bits per heavy atom. The summed E-state index contributed by atoms with van der Waals surface area (Å²) in [4.78, 5) is 0. The first kappa shape index (κ1) is 8.60. The van der Waals surface area contributed by atoms with Gasteiger partial charge in [-0.15, -0.1) is 0 Å². The van der Waals surface area contributed by atoms with E-state index in [4.69, 9.17) is 5.73 Å². The van der Waals surface area contributed by atoms with Crippen molar-refractivity contribution in [3.05, 3.63) is 48.6 Å². The maximum atomic E-state index is 5.64. The molecule has 0 unspecified atom stereocenters. The fraction of sp³-hybridized carbons (Fsp3) is 0.0909. The third-order valence-corrected chi connectivity index (χ3v) is 1.75. The molecule has 0 amide bonds. The summed E-state index contributed by atoms with van der Waals surface area (Å²) in [5.74, 6) is 0. The van der Waals surface area contributed by atoms with E-state index in [1.165, 1.54) is 0 Å². The fourth-order valence-electron chi connectivity index (χ4n) is 1.12. The molecule has 0 aliphatic heterocycles. The standard InChI is InChI=1S/C11H13N/c1-3-9(4-2)10-6-5-7-11(12)8-10/h3-8H,1,12H2,2H3/b9-4+. The van der Waals surface area contributed by atoms with Gasteiger partial charge in [0.1, 0.15) is 0 Å². The molecule has 12 heavy (non-hydrogen) atoms. The van der Waals surface area contributed by atoms with Gasteiger partial charge < -0.3 is 5.73 Å². The first-order valence-corrected chi connectivity index (χ1v) is 3.92. The first-order chi connectivity index (χ1) is 5.77. The highest BCUT2D eigenvalue weighted by Gasteiger charge is 1.94. The Balaban J connectivity index is 3.10. The number of hydrogen-bond donors (Lipinski definition) is 1. The molecule has 0 heterocycles. The van der Waals surface area contributed by atoms with Crippen molar-refractivity contribution in [2.45, 2.75) is 6.92 Å². The Labute approximate surface area is 73.2 Å². The Morgan fingerprint density at radius 1 is 1.50 bits per heavy atom. The number of hydrogen-bond acceptors (Lipinski definition) is 1. The van der Waals surface area contributed by atoms with E-state index >= 15 is 0 Å². The fourth-order valence-corrected chi connectivity index (χ4v) is 1.12. The molecule has 0 atom stereocenters. The molecule has 0 aliphatic rings. The Bertz CT molecular complexity index is 311. The van der Waals surface area contributed by atoms with E-state index in [0.29, 0.717) is 0 Å². The van der Waals surface area contributed by atoms with Crippen LogP contribution in [0, 0.1) is 0 Å². The lowest BCUT2D eigenvalue weighted by Gasteiger charge is -2.01. The Morgan fingerprint density at radius 2 is 2.25 bits per heavy atom. The van der Waals surface area contributed by atoms with Gasteiger partial charge in [-0.25, -0.2) is 0 Å². The predicted molar refractivity (Wildman–Crippen MR) is 54.7 cm³/mol. The minimum Gasteiger partial charge on any atom is -0.399 e. The summed E-state index contributed by atoms with van der Waals surface area (Å²) < 4.78 is 0.